The fourth-order valence-corrected chi connectivity index (χ4v) is 3.74. The SMILES string of the molecule is CC(C)(C)n1cc([C@H]2[C@H](C(=O)O)CC(=O)N2Cc2cccs2)cn1. The topological polar surface area (TPSA) is 75.4 Å². The average molecular weight is 347 g/mol. The number of carboxylic acids is 1. The summed E-state index contributed by atoms with van der Waals surface area (Å²) in [6, 6.07) is 3.41. The average Bonchev–Trinajstić information content (AvgIpc) is 3.19. The van der Waals surface area contributed by atoms with Gasteiger partial charge in [-0.2, -0.15) is 5.10 Å². The van der Waals surface area contributed by atoms with Crippen LogP contribution in [0.4, 0.5) is 0 Å². The molecule has 1 fully saturated rings. The standard InChI is InChI=1S/C17H21N3O3S/c1-17(2,3)20-9-11(8-18-20)15-13(16(22)23)7-14(21)19(15)10-12-5-4-6-24-12/h4-6,8-9,13,15H,7,10H2,1-3H3,(H,22,23)/t13-,15+/m1/s1. The molecule has 0 unspecified atom stereocenters. The molecule has 0 radical (unpaired) electrons. The second kappa shape index (κ2) is 6.05. The Morgan fingerprint density at radius 1 is 1.46 bits per heavy atom. The predicted octanol–water partition coefficient (Wildman–Crippen LogP) is 2.87. The molecule has 7 heteroatoms. The number of hydrogen-bond acceptors (Lipinski definition) is 4. The van der Waals surface area contributed by atoms with Gasteiger partial charge in [0.2, 0.25) is 5.91 Å². The van der Waals surface area contributed by atoms with Crippen LogP contribution >= 0.6 is 11.3 Å². The maximum atomic E-state index is 12.4. The highest BCUT2D eigenvalue weighted by atomic mass is 32.1. The molecule has 1 saturated heterocycles. The minimum Gasteiger partial charge on any atom is -0.481 e. The number of aliphatic carboxylic acids is 1. The number of rotatable bonds is 4. The summed E-state index contributed by atoms with van der Waals surface area (Å²) in [5.74, 6) is -1.80. The van der Waals surface area contributed by atoms with Gasteiger partial charge in [-0.15, -0.1) is 11.3 Å². The molecule has 0 spiro atoms. The van der Waals surface area contributed by atoms with Crippen molar-refractivity contribution in [2.24, 2.45) is 5.92 Å². The molecule has 0 aromatic carbocycles. The third-order valence-corrected chi connectivity index (χ3v) is 5.15. The lowest BCUT2D eigenvalue weighted by Gasteiger charge is -2.26. The van der Waals surface area contributed by atoms with E-state index in [1.807, 2.05) is 49.2 Å². The zero-order valence-corrected chi connectivity index (χ0v) is 14.8. The molecule has 2 atom stereocenters. The molecule has 1 N–H and O–H groups in total. The van der Waals surface area contributed by atoms with Gasteiger partial charge < -0.3 is 10.0 Å². The minimum absolute atomic E-state index is 0.0338. The van der Waals surface area contributed by atoms with Gasteiger partial charge in [-0.05, 0) is 32.2 Å². The normalized spacial score (nSPS) is 21.5. The van der Waals surface area contributed by atoms with Crippen molar-refractivity contribution < 1.29 is 14.7 Å². The molecule has 1 aliphatic rings. The summed E-state index contributed by atoms with van der Waals surface area (Å²) < 4.78 is 1.81. The summed E-state index contributed by atoms with van der Waals surface area (Å²) in [5, 5.41) is 15.9. The largest absolute Gasteiger partial charge is 0.481 e. The first kappa shape index (κ1) is 16.7. The van der Waals surface area contributed by atoms with E-state index in [1.165, 1.54) is 0 Å². The van der Waals surface area contributed by atoms with Gasteiger partial charge in [0.1, 0.15) is 0 Å². The first-order chi connectivity index (χ1) is 11.3. The second-order valence-corrected chi connectivity index (χ2v) is 8.12. The Hall–Kier alpha value is -2.15. The van der Waals surface area contributed by atoms with Crippen molar-refractivity contribution in [3.05, 3.63) is 40.3 Å². The van der Waals surface area contributed by atoms with Gasteiger partial charge in [0.05, 0.1) is 30.2 Å². The number of hydrogen-bond donors (Lipinski definition) is 1. The number of carbonyl (C=O) groups is 2. The molecule has 3 heterocycles. The van der Waals surface area contributed by atoms with E-state index in [0.717, 1.165) is 10.4 Å². The van der Waals surface area contributed by atoms with E-state index in [-0.39, 0.29) is 17.9 Å². The lowest BCUT2D eigenvalue weighted by Crippen LogP contribution is -2.30. The third kappa shape index (κ3) is 3.08. The van der Waals surface area contributed by atoms with Crippen LogP contribution in [0.25, 0.3) is 0 Å². The van der Waals surface area contributed by atoms with Crippen LogP contribution in [0.2, 0.25) is 0 Å². The van der Waals surface area contributed by atoms with Crippen molar-refractivity contribution in [1.82, 2.24) is 14.7 Å². The monoisotopic (exact) mass is 347 g/mol. The van der Waals surface area contributed by atoms with Crippen LogP contribution in [0.3, 0.4) is 0 Å². The van der Waals surface area contributed by atoms with Crippen LogP contribution in [-0.4, -0.2) is 31.7 Å². The van der Waals surface area contributed by atoms with Crippen LogP contribution in [-0.2, 0) is 21.7 Å². The highest BCUT2D eigenvalue weighted by Gasteiger charge is 2.45. The molecule has 6 nitrogen and oxygen atoms in total. The fourth-order valence-electron chi connectivity index (χ4n) is 3.04. The number of nitrogens with zero attached hydrogens (tertiary/aromatic N) is 3. The van der Waals surface area contributed by atoms with E-state index in [4.69, 9.17) is 0 Å². The zero-order chi connectivity index (χ0) is 17.5. The number of aromatic nitrogens is 2. The summed E-state index contributed by atoms with van der Waals surface area (Å²) in [5.41, 5.74) is 0.581. The lowest BCUT2D eigenvalue weighted by atomic mass is 9.96. The summed E-state index contributed by atoms with van der Waals surface area (Å²) in [6.45, 7) is 6.52. The smallest absolute Gasteiger partial charge is 0.309 e. The molecule has 3 rings (SSSR count). The molecule has 0 bridgehead atoms. The van der Waals surface area contributed by atoms with Crippen LogP contribution in [0.15, 0.2) is 29.9 Å². The van der Waals surface area contributed by atoms with Gasteiger partial charge in [-0.1, -0.05) is 6.07 Å². The van der Waals surface area contributed by atoms with Gasteiger partial charge in [-0.3, -0.25) is 14.3 Å². The Labute approximate surface area is 144 Å². The first-order valence-electron chi connectivity index (χ1n) is 7.87. The number of carboxylic acid groups (broad SMARTS) is 1. The van der Waals surface area contributed by atoms with Crippen molar-refractivity contribution in [1.29, 1.82) is 0 Å². The molecule has 24 heavy (non-hydrogen) atoms. The minimum atomic E-state index is -0.939. The van der Waals surface area contributed by atoms with Gasteiger partial charge in [0.25, 0.3) is 0 Å². The van der Waals surface area contributed by atoms with Crippen molar-refractivity contribution >= 4 is 23.2 Å². The van der Waals surface area contributed by atoms with Crippen LogP contribution in [0.1, 0.15) is 43.7 Å². The number of amides is 1. The van der Waals surface area contributed by atoms with Gasteiger partial charge in [0.15, 0.2) is 0 Å². The molecule has 0 saturated carbocycles. The molecule has 0 aliphatic carbocycles. The van der Waals surface area contributed by atoms with E-state index in [0.29, 0.717) is 6.54 Å². The Bertz CT molecular complexity index is 745. The maximum Gasteiger partial charge on any atom is 0.309 e. The Kier molecular flexibility index (Phi) is 4.21. The molecule has 128 valence electrons. The Morgan fingerprint density at radius 3 is 2.75 bits per heavy atom. The van der Waals surface area contributed by atoms with Gasteiger partial charge >= 0.3 is 5.97 Å². The Balaban J connectivity index is 1.96. The second-order valence-electron chi connectivity index (χ2n) is 7.08. The van der Waals surface area contributed by atoms with Gasteiger partial charge in [-0.25, -0.2) is 0 Å². The van der Waals surface area contributed by atoms with E-state index in [1.54, 1.807) is 22.4 Å². The zero-order valence-electron chi connectivity index (χ0n) is 14.0. The fraction of sp³-hybridized carbons (Fsp3) is 0.471. The van der Waals surface area contributed by atoms with Crippen molar-refractivity contribution in [2.75, 3.05) is 0 Å². The maximum absolute atomic E-state index is 12.4. The van der Waals surface area contributed by atoms with Crippen LogP contribution in [0, 0.1) is 5.92 Å². The molecular weight excluding hydrogens is 326 g/mol. The van der Waals surface area contributed by atoms with E-state index >= 15 is 0 Å². The molecule has 1 amide bonds. The van der Waals surface area contributed by atoms with E-state index in [9.17, 15) is 14.7 Å². The first-order valence-corrected chi connectivity index (χ1v) is 8.75. The highest BCUT2D eigenvalue weighted by Crippen LogP contribution is 2.40. The molecular formula is C17H21N3O3S. The molecule has 1 aliphatic heterocycles. The summed E-state index contributed by atoms with van der Waals surface area (Å²) in [6.07, 6.45) is 3.58. The predicted molar refractivity (Wildman–Crippen MR) is 90.6 cm³/mol. The quantitative estimate of drug-likeness (QED) is 0.923. The summed E-state index contributed by atoms with van der Waals surface area (Å²) in [4.78, 5) is 26.8. The third-order valence-electron chi connectivity index (χ3n) is 4.29. The number of thiophene rings is 1. The summed E-state index contributed by atoms with van der Waals surface area (Å²) >= 11 is 1.57. The molecule has 2 aromatic rings. The van der Waals surface area contributed by atoms with E-state index in [2.05, 4.69) is 5.10 Å². The van der Waals surface area contributed by atoms with Crippen molar-refractivity contribution in [2.45, 2.75) is 45.3 Å². The number of likely N-dealkylation sites (tertiary alicyclic amines) is 1. The van der Waals surface area contributed by atoms with Crippen LogP contribution in [0.5, 0.6) is 0 Å². The van der Waals surface area contributed by atoms with Crippen molar-refractivity contribution in [3.63, 3.8) is 0 Å². The number of carbonyl (C=O) groups excluding carboxylic acids is 1. The van der Waals surface area contributed by atoms with Gasteiger partial charge in [0, 0.05) is 23.1 Å². The van der Waals surface area contributed by atoms with Crippen molar-refractivity contribution in [3.8, 4) is 0 Å². The molecule has 2 aromatic heterocycles. The summed E-state index contributed by atoms with van der Waals surface area (Å²) in [7, 11) is 0. The van der Waals surface area contributed by atoms with E-state index < -0.39 is 17.9 Å². The lowest BCUT2D eigenvalue weighted by molar-refractivity contribution is -0.142. The highest BCUT2D eigenvalue weighted by molar-refractivity contribution is 7.09. The van der Waals surface area contributed by atoms with Crippen LogP contribution < -0.4 is 0 Å². The Morgan fingerprint density at radius 2 is 2.21 bits per heavy atom.